The minimum atomic E-state index is -0.623. The summed E-state index contributed by atoms with van der Waals surface area (Å²) in [5, 5.41) is 0. The first-order valence-corrected chi connectivity index (χ1v) is 7.65. The SMILES string of the molecule is CCOC(=O)c1oc(C)c(C(=O)OCC)c1-c1ccc(OC)cc1. The van der Waals surface area contributed by atoms with Gasteiger partial charge in [0.25, 0.3) is 0 Å². The zero-order valence-corrected chi connectivity index (χ0v) is 14.2. The lowest BCUT2D eigenvalue weighted by molar-refractivity contribution is 0.0486. The maximum absolute atomic E-state index is 12.3. The summed E-state index contributed by atoms with van der Waals surface area (Å²) in [5.41, 5.74) is 1.23. The van der Waals surface area contributed by atoms with Crippen LogP contribution in [0.4, 0.5) is 0 Å². The highest BCUT2D eigenvalue weighted by atomic mass is 16.5. The molecule has 0 aliphatic rings. The minimum Gasteiger partial charge on any atom is -0.497 e. The molecule has 1 aromatic carbocycles. The number of hydrogen-bond donors (Lipinski definition) is 0. The summed E-state index contributed by atoms with van der Waals surface area (Å²) < 4.78 is 20.8. The van der Waals surface area contributed by atoms with Crippen molar-refractivity contribution in [2.24, 2.45) is 0 Å². The molecule has 0 unspecified atom stereocenters. The van der Waals surface area contributed by atoms with Crippen molar-refractivity contribution in [3.8, 4) is 16.9 Å². The Morgan fingerprint density at radius 3 is 2.12 bits per heavy atom. The van der Waals surface area contributed by atoms with Gasteiger partial charge in [-0.15, -0.1) is 0 Å². The van der Waals surface area contributed by atoms with Crippen LogP contribution in [0.25, 0.3) is 11.1 Å². The number of benzene rings is 1. The van der Waals surface area contributed by atoms with Gasteiger partial charge in [-0.25, -0.2) is 9.59 Å². The van der Waals surface area contributed by atoms with Crippen LogP contribution in [0.15, 0.2) is 28.7 Å². The molecule has 1 heterocycles. The second-order valence-electron chi connectivity index (χ2n) is 4.91. The molecule has 0 fully saturated rings. The van der Waals surface area contributed by atoms with E-state index in [2.05, 4.69) is 0 Å². The fraction of sp³-hybridized carbons (Fsp3) is 0.333. The second kappa shape index (κ2) is 7.68. The molecular weight excluding hydrogens is 312 g/mol. The van der Waals surface area contributed by atoms with E-state index in [0.717, 1.165) is 0 Å². The van der Waals surface area contributed by atoms with Crippen LogP contribution >= 0.6 is 0 Å². The predicted octanol–water partition coefficient (Wildman–Crippen LogP) is 3.62. The lowest BCUT2D eigenvalue weighted by Crippen LogP contribution is -2.09. The number of furan rings is 1. The lowest BCUT2D eigenvalue weighted by Gasteiger charge is -2.07. The van der Waals surface area contributed by atoms with E-state index in [1.165, 1.54) is 0 Å². The average Bonchev–Trinajstić information content (AvgIpc) is 2.93. The average molecular weight is 332 g/mol. The van der Waals surface area contributed by atoms with E-state index >= 15 is 0 Å². The number of rotatable bonds is 6. The van der Waals surface area contributed by atoms with E-state index in [9.17, 15) is 9.59 Å². The Bertz CT molecular complexity index is 727. The maximum Gasteiger partial charge on any atom is 0.374 e. The highest BCUT2D eigenvalue weighted by Crippen LogP contribution is 2.34. The highest BCUT2D eigenvalue weighted by Gasteiger charge is 2.29. The fourth-order valence-electron chi connectivity index (χ4n) is 2.37. The van der Waals surface area contributed by atoms with Gasteiger partial charge in [0.2, 0.25) is 5.76 Å². The van der Waals surface area contributed by atoms with Crippen LogP contribution in [0, 0.1) is 6.92 Å². The zero-order chi connectivity index (χ0) is 17.7. The van der Waals surface area contributed by atoms with Crippen molar-refractivity contribution in [3.05, 3.63) is 41.3 Å². The molecule has 6 nitrogen and oxygen atoms in total. The van der Waals surface area contributed by atoms with E-state index in [1.807, 2.05) is 0 Å². The van der Waals surface area contributed by atoms with Crippen LogP contribution in [0.3, 0.4) is 0 Å². The molecule has 0 aliphatic heterocycles. The minimum absolute atomic E-state index is 0.0115. The van der Waals surface area contributed by atoms with E-state index in [-0.39, 0.29) is 24.5 Å². The van der Waals surface area contributed by atoms with Crippen LogP contribution in [0.1, 0.15) is 40.5 Å². The lowest BCUT2D eigenvalue weighted by atomic mass is 10.00. The number of methoxy groups -OCH3 is 1. The summed E-state index contributed by atoms with van der Waals surface area (Å²) in [6.07, 6.45) is 0. The molecule has 0 saturated heterocycles. The van der Waals surface area contributed by atoms with Crippen molar-refractivity contribution in [1.29, 1.82) is 0 Å². The third kappa shape index (κ3) is 3.42. The first kappa shape index (κ1) is 17.6. The number of carbonyl (C=O) groups is 2. The van der Waals surface area contributed by atoms with Crippen LogP contribution < -0.4 is 4.74 Å². The Hall–Kier alpha value is -2.76. The monoisotopic (exact) mass is 332 g/mol. The van der Waals surface area contributed by atoms with Crippen LogP contribution in [0.2, 0.25) is 0 Å². The van der Waals surface area contributed by atoms with Gasteiger partial charge in [0.15, 0.2) is 0 Å². The Labute approximate surface area is 140 Å². The highest BCUT2D eigenvalue weighted by molar-refractivity contribution is 6.05. The molecule has 0 amide bonds. The van der Waals surface area contributed by atoms with Crippen molar-refractivity contribution in [2.75, 3.05) is 20.3 Å². The van der Waals surface area contributed by atoms with Crippen LogP contribution in [0.5, 0.6) is 5.75 Å². The van der Waals surface area contributed by atoms with Crippen molar-refractivity contribution in [3.63, 3.8) is 0 Å². The van der Waals surface area contributed by atoms with Gasteiger partial charge >= 0.3 is 11.9 Å². The van der Waals surface area contributed by atoms with Gasteiger partial charge in [-0.05, 0) is 38.5 Å². The van der Waals surface area contributed by atoms with Gasteiger partial charge in [0, 0.05) is 0 Å². The Morgan fingerprint density at radius 1 is 1.00 bits per heavy atom. The van der Waals surface area contributed by atoms with Crippen molar-refractivity contribution >= 4 is 11.9 Å². The van der Waals surface area contributed by atoms with E-state index < -0.39 is 11.9 Å². The maximum atomic E-state index is 12.3. The summed E-state index contributed by atoms with van der Waals surface area (Å²) in [5.74, 6) is -0.207. The number of esters is 2. The Balaban J connectivity index is 2.62. The number of hydrogen-bond acceptors (Lipinski definition) is 6. The van der Waals surface area contributed by atoms with Gasteiger partial charge in [-0.3, -0.25) is 0 Å². The summed E-state index contributed by atoms with van der Waals surface area (Å²) >= 11 is 0. The Morgan fingerprint density at radius 2 is 1.58 bits per heavy atom. The molecule has 0 spiro atoms. The van der Waals surface area contributed by atoms with Crippen molar-refractivity contribution < 1.29 is 28.2 Å². The van der Waals surface area contributed by atoms with Gasteiger partial charge in [-0.1, -0.05) is 12.1 Å². The molecule has 2 aromatic rings. The van der Waals surface area contributed by atoms with Gasteiger partial charge in [0.1, 0.15) is 17.1 Å². The summed E-state index contributed by atoms with van der Waals surface area (Å²) in [7, 11) is 1.56. The fourth-order valence-corrected chi connectivity index (χ4v) is 2.37. The van der Waals surface area contributed by atoms with Gasteiger partial charge in [0.05, 0.1) is 25.9 Å². The molecule has 0 bridgehead atoms. The van der Waals surface area contributed by atoms with Crippen molar-refractivity contribution in [2.45, 2.75) is 20.8 Å². The standard InChI is InChI=1S/C18H20O6/c1-5-22-17(19)14-11(3)24-16(18(20)23-6-2)15(14)12-7-9-13(21-4)10-8-12/h7-10H,5-6H2,1-4H3. The third-order valence-corrected chi connectivity index (χ3v) is 3.40. The number of aryl methyl sites for hydroxylation is 1. The van der Waals surface area contributed by atoms with E-state index in [4.69, 9.17) is 18.6 Å². The molecule has 2 rings (SSSR count). The third-order valence-electron chi connectivity index (χ3n) is 3.40. The smallest absolute Gasteiger partial charge is 0.374 e. The normalized spacial score (nSPS) is 10.3. The van der Waals surface area contributed by atoms with Gasteiger partial charge in [-0.2, -0.15) is 0 Å². The molecule has 24 heavy (non-hydrogen) atoms. The first-order chi connectivity index (χ1) is 11.5. The largest absolute Gasteiger partial charge is 0.497 e. The molecule has 1 aromatic heterocycles. The molecule has 0 saturated carbocycles. The number of carbonyl (C=O) groups excluding carboxylic acids is 2. The van der Waals surface area contributed by atoms with E-state index in [1.54, 1.807) is 52.1 Å². The summed E-state index contributed by atoms with van der Waals surface area (Å²) in [6.45, 7) is 5.46. The quantitative estimate of drug-likeness (QED) is 0.752. The number of ether oxygens (including phenoxy) is 3. The summed E-state index contributed by atoms with van der Waals surface area (Å²) in [4.78, 5) is 24.5. The second-order valence-corrected chi connectivity index (χ2v) is 4.91. The molecule has 6 heteroatoms. The molecule has 0 N–H and O–H groups in total. The topological polar surface area (TPSA) is 75.0 Å². The van der Waals surface area contributed by atoms with Crippen molar-refractivity contribution in [1.82, 2.24) is 0 Å². The first-order valence-electron chi connectivity index (χ1n) is 7.65. The molecular formula is C18H20O6. The van der Waals surface area contributed by atoms with Crippen LogP contribution in [-0.2, 0) is 9.47 Å². The predicted molar refractivity (Wildman–Crippen MR) is 87.3 cm³/mol. The van der Waals surface area contributed by atoms with Crippen LogP contribution in [-0.4, -0.2) is 32.3 Å². The Kier molecular flexibility index (Phi) is 5.63. The molecule has 0 atom stereocenters. The summed E-state index contributed by atoms with van der Waals surface area (Å²) in [6, 6.07) is 6.96. The zero-order valence-electron chi connectivity index (χ0n) is 14.2. The van der Waals surface area contributed by atoms with E-state index in [0.29, 0.717) is 22.6 Å². The molecule has 128 valence electrons. The molecule has 0 radical (unpaired) electrons. The molecule has 0 aliphatic carbocycles. The van der Waals surface area contributed by atoms with Gasteiger partial charge < -0.3 is 18.6 Å².